The minimum Gasteiger partial charge on any atom is -0.292 e. The molecule has 3 nitrogen and oxygen atoms in total. The van der Waals surface area contributed by atoms with Crippen molar-refractivity contribution >= 4 is 16.7 Å². The van der Waals surface area contributed by atoms with Gasteiger partial charge in [0.15, 0.2) is 5.78 Å². The summed E-state index contributed by atoms with van der Waals surface area (Å²) in [5.41, 5.74) is 3.95. The Labute approximate surface area is 117 Å². The minimum atomic E-state index is 0.0938. The second kappa shape index (κ2) is 4.93. The lowest BCUT2D eigenvalue weighted by Gasteiger charge is -2.07. The summed E-state index contributed by atoms with van der Waals surface area (Å²) in [5.74, 6) is 0.0938. The van der Waals surface area contributed by atoms with Crippen LogP contribution in [0.15, 0.2) is 48.7 Å². The molecule has 0 atom stereocenters. The zero-order chi connectivity index (χ0) is 14.1. The first kappa shape index (κ1) is 12.6. The highest BCUT2D eigenvalue weighted by Gasteiger charge is 2.12. The van der Waals surface area contributed by atoms with E-state index in [1.54, 1.807) is 10.9 Å². The lowest BCUT2D eigenvalue weighted by molar-refractivity contribution is 0.0968. The molecule has 3 heteroatoms. The Morgan fingerprint density at radius 2 is 1.95 bits per heavy atom. The summed E-state index contributed by atoms with van der Waals surface area (Å²) in [6.45, 7) is 4.28. The summed E-state index contributed by atoms with van der Waals surface area (Å²) in [4.78, 5) is 12.4. The molecule has 0 saturated heterocycles. The van der Waals surface area contributed by atoms with Gasteiger partial charge in [0, 0.05) is 10.9 Å². The predicted octanol–water partition coefficient (Wildman–Crippen LogP) is 3.54. The molecule has 0 radical (unpaired) electrons. The number of carbonyl (C=O) groups is 1. The van der Waals surface area contributed by atoms with Crippen molar-refractivity contribution in [2.45, 2.75) is 20.4 Å². The summed E-state index contributed by atoms with van der Waals surface area (Å²) in [6.07, 6.45) is 1.80. The van der Waals surface area contributed by atoms with E-state index < -0.39 is 0 Å². The van der Waals surface area contributed by atoms with Gasteiger partial charge in [0.25, 0.3) is 0 Å². The normalized spacial score (nSPS) is 10.9. The van der Waals surface area contributed by atoms with Crippen LogP contribution in [0.3, 0.4) is 0 Å². The van der Waals surface area contributed by atoms with Gasteiger partial charge in [0.2, 0.25) is 0 Å². The summed E-state index contributed by atoms with van der Waals surface area (Å²) in [5, 5.41) is 5.36. The SMILES string of the molecule is Cc1ccc(C(=O)Cn2ncc3ccccc32)c(C)c1. The highest BCUT2D eigenvalue weighted by atomic mass is 16.1. The highest BCUT2D eigenvalue weighted by Crippen LogP contribution is 2.15. The maximum atomic E-state index is 12.4. The van der Waals surface area contributed by atoms with Gasteiger partial charge in [-0.25, -0.2) is 0 Å². The van der Waals surface area contributed by atoms with E-state index in [4.69, 9.17) is 0 Å². The molecule has 3 aromatic rings. The van der Waals surface area contributed by atoms with Crippen molar-refractivity contribution in [3.05, 3.63) is 65.4 Å². The zero-order valence-electron chi connectivity index (χ0n) is 11.6. The lowest BCUT2D eigenvalue weighted by atomic mass is 10.0. The van der Waals surface area contributed by atoms with Crippen LogP contribution < -0.4 is 0 Å². The van der Waals surface area contributed by atoms with Crippen LogP contribution in [0.2, 0.25) is 0 Å². The number of ketones is 1. The van der Waals surface area contributed by atoms with Crippen LogP contribution in [0.4, 0.5) is 0 Å². The smallest absolute Gasteiger partial charge is 0.184 e. The molecule has 0 saturated carbocycles. The van der Waals surface area contributed by atoms with Crippen LogP contribution in [-0.4, -0.2) is 15.6 Å². The van der Waals surface area contributed by atoms with Gasteiger partial charge in [-0.1, -0.05) is 42.0 Å². The first-order valence-corrected chi connectivity index (χ1v) is 6.66. The summed E-state index contributed by atoms with van der Waals surface area (Å²) in [7, 11) is 0. The molecule has 0 N–H and O–H groups in total. The number of Topliss-reactive ketones (excluding diaryl/α,β-unsaturated/α-hetero) is 1. The lowest BCUT2D eigenvalue weighted by Crippen LogP contribution is -2.12. The molecule has 0 bridgehead atoms. The van der Waals surface area contributed by atoms with E-state index in [0.717, 1.165) is 22.0 Å². The molecular weight excluding hydrogens is 248 g/mol. The van der Waals surface area contributed by atoms with Crippen molar-refractivity contribution in [3.8, 4) is 0 Å². The molecule has 0 amide bonds. The topological polar surface area (TPSA) is 34.9 Å². The van der Waals surface area contributed by atoms with Gasteiger partial charge in [-0.3, -0.25) is 9.48 Å². The van der Waals surface area contributed by atoms with Gasteiger partial charge in [-0.05, 0) is 25.5 Å². The number of hydrogen-bond acceptors (Lipinski definition) is 2. The molecule has 0 unspecified atom stereocenters. The fraction of sp³-hybridized carbons (Fsp3) is 0.176. The van der Waals surface area contributed by atoms with Crippen LogP contribution in [0, 0.1) is 13.8 Å². The van der Waals surface area contributed by atoms with Crippen LogP contribution in [0.25, 0.3) is 10.9 Å². The van der Waals surface area contributed by atoms with Gasteiger partial charge in [0.05, 0.1) is 11.7 Å². The Bertz CT molecular complexity index is 787. The molecule has 2 aromatic carbocycles. The standard InChI is InChI=1S/C17H16N2O/c1-12-7-8-15(13(2)9-12)17(20)11-19-16-6-4-3-5-14(16)10-18-19/h3-10H,11H2,1-2H3. The molecule has 1 heterocycles. The average Bonchev–Trinajstić information content (AvgIpc) is 2.82. The molecule has 0 spiro atoms. The first-order chi connectivity index (χ1) is 9.65. The first-order valence-electron chi connectivity index (χ1n) is 6.66. The number of carbonyl (C=O) groups excluding carboxylic acids is 1. The maximum absolute atomic E-state index is 12.4. The van der Waals surface area contributed by atoms with Crippen molar-refractivity contribution in [1.82, 2.24) is 9.78 Å². The van der Waals surface area contributed by atoms with Gasteiger partial charge in [-0.15, -0.1) is 0 Å². The fourth-order valence-electron chi connectivity index (χ4n) is 2.50. The second-order valence-electron chi connectivity index (χ2n) is 5.10. The van der Waals surface area contributed by atoms with Gasteiger partial charge in [0.1, 0.15) is 6.54 Å². The highest BCUT2D eigenvalue weighted by molar-refractivity contribution is 5.98. The minimum absolute atomic E-state index is 0.0938. The quantitative estimate of drug-likeness (QED) is 0.678. The van der Waals surface area contributed by atoms with Gasteiger partial charge < -0.3 is 0 Å². The van der Waals surface area contributed by atoms with Crippen LogP contribution in [0.1, 0.15) is 21.5 Å². The maximum Gasteiger partial charge on any atom is 0.184 e. The molecule has 0 aliphatic heterocycles. The molecule has 3 rings (SSSR count). The number of para-hydroxylation sites is 1. The van der Waals surface area contributed by atoms with E-state index in [2.05, 4.69) is 5.10 Å². The van der Waals surface area contributed by atoms with Gasteiger partial charge >= 0.3 is 0 Å². The number of aromatic nitrogens is 2. The van der Waals surface area contributed by atoms with Crippen LogP contribution in [-0.2, 0) is 6.54 Å². The summed E-state index contributed by atoms with van der Waals surface area (Å²) in [6, 6.07) is 13.8. The summed E-state index contributed by atoms with van der Waals surface area (Å²) >= 11 is 0. The fourth-order valence-corrected chi connectivity index (χ4v) is 2.50. The molecule has 20 heavy (non-hydrogen) atoms. The van der Waals surface area contributed by atoms with Crippen molar-refractivity contribution in [1.29, 1.82) is 0 Å². The van der Waals surface area contributed by atoms with Crippen molar-refractivity contribution in [3.63, 3.8) is 0 Å². The number of benzene rings is 2. The monoisotopic (exact) mass is 264 g/mol. The third kappa shape index (κ3) is 2.23. The second-order valence-corrected chi connectivity index (χ2v) is 5.10. The third-order valence-corrected chi connectivity index (χ3v) is 3.53. The molecular formula is C17H16N2O. The third-order valence-electron chi connectivity index (χ3n) is 3.53. The average molecular weight is 264 g/mol. The van der Waals surface area contributed by atoms with Crippen molar-refractivity contribution < 1.29 is 4.79 Å². The number of fused-ring (bicyclic) bond motifs is 1. The van der Waals surface area contributed by atoms with E-state index in [-0.39, 0.29) is 12.3 Å². The summed E-state index contributed by atoms with van der Waals surface area (Å²) < 4.78 is 1.76. The van der Waals surface area contributed by atoms with Gasteiger partial charge in [-0.2, -0.15) is 5.10 Å². The van der Waals surface area contributed by atoms with Crippen molar-refractivity contribution in [2.75, 3.05) is 0 Å². The van der Waals surface area contributed by atoms with Crippen LogP contribution in [0.5, 0.6) is 0 Å². The predicted molar refractivity (Wildman–Crippen MR) is 80.0 cm³/mol. The Hall–Kier alpha value is -2.42. The molecule has 0 aliphatic rings. The zero-order valence-corrected chi connectivity index (χ0v) is 11.6. The number of hydrogen-bond donors (Lipinski definition) is 0. The van der Waals surface area contributed by atoms with E-state index in [1.807, 2.05) is 56.3 Å². The van der Waals surface area contributed by atoms with E-state index in [1.165, 1.54) is 5.56 Å². The van der Waals surface area contributed by atoms with E-state index in [0.29, 0.717) is 0 Å². The van der Waals surface area contributed by atoms with E-state index in [9.17, 15) is 4.79 Å². The Morgan fingerprint density at radius 1 is 1.15 bits per heavy atom. The Morgan fingerprint density at radius 3 is 2.75 bits per heavy atom. The number of aryl methyl sites for hydroxylation is 2. The van der Waals surface area contributed by atoms with Crippen LogP contribution >= 0.6 is 0 Å². The largest absolute Gasteiger partial charge is 0.292 e. The number of nitrogens with zero attached hydrogens (tertiary/aromatic N) is 2. The van der Waals surface area contributed by atoms with E-state index >= 15 is 0 Å². The molecule has 0 fully saturated rings. The molecule has 1 aromatic heterocycles. The number of rotatable bonds is 3. The molecule has 100 valence electrons. The molecule has 0 aliphatic carbocycles. The van der Waals surface area contributed by atoms with Crippen molar-refractivity contribution in [2.24, 2.45) is 0 Å². The Balaban J connectivity index is 1.92. The Kier molecular flexibility index (Phi) is 3.11.